The maximum atomic E-state index is 12.4. The fraction of sp³-hybridized carbons (Fsp3) is 0.312. The molecule has 7 nitrogen and oxygen atoms in total. The molecule has 2 rings (SSSR count). The zero-order chi connectivity index (χ0) is 16.8. The second-order valence-corrected chi connectivity index (χ2v) is 4.94. The van der Waals surface area contributed by atoms with Crippen LogP contribution < -0.4 is 15.6 Å². The van der Waals surface area contributed by atoms with E-state index in [1.807, 2.05) is 30.3 Å². The van der Waals surface area contributed by atoms with Crippen molar-refractivity contribution in [3.63, 3.8) is 0 Å². The van der Waals surface area contributed by atoms with Gasteiger partial charge in [0.05, 0.1) is 7.11 Å². The normalized spacial score (nSPS) is 11.7. The number of aromatic nitrogens is 2. The maximum absolute atomic E-state index is 12.4. The van der Waals surface area contributed by atoms with Crippen LogP contribution in [0.15, 0.2) is 41.5 Å². The van der Waals surface area contributed by atoms with Crippen LogP contribution in [-0.2, 0) is 17.8 Å². The first-order chi connectivity index (χ1) is 11.1. The molecule has 2 aromatic rings. The Morgan fingerprint density at radius 3 is 2.65 bits per heavy atom. The summed E-state index contributed by atoms with van der Waals surface area (Å²) in [6.45, 7) is 2.24. The highest BCUT2D eigenvalue weighted by molar-refractivity contribution is 5.78. The number of benzene rings is 1. The number of hydrogen-bond acceptors (Lipinski definition) is 5. The average Bonchev–Trinajstić information content (AvgIpc) is 2.56. The molecule has 0 aliphatic rings. The van der Waals surface area contributed by atoms with Gasteiger partial charge in [-0.3, -0.25) is 9.36 Å². The largest absolute Gasteiger partial charge is 0.480 e. The van der Waals surface area contributed by atoms with E-state index in [2.05, 4.69) is 10.3 Å². The molecule has 0 bridgehead atoms. The number of rotatable bonds is 7. The van der Waals surface area contributed by atoms with Gasteiger partial charge < -0.3 is 15.2 Å². The van der Waals surface area contributed by atoms with E-state index in [4.69, 9.17) is 4.74 Å². The van der Waals surface area contributed by atoms with Gasteiger partial charge in [-0.25, -0.2) is 9.78 Å². The Bertz CT molecular complexity index is 728. The summed E-state index contributed by atoms with van der Waals surface area (Å²) in [5.41, 5.74) is 0.546. The average molecular weight is 317 g/mol. The molecule has 0 radical (unpaired) electrons. The van der Waals surface area contributed by atoms with Crippen molar-refractivity contribution in [3.8, 4) is 5.88 Å². The van der Waals surface area contributed by atoms with E-state index >= 15 is 0 Å². The van der Waals surface area contributed by atoms with Crippen LogP contribution >= 0.6 is 0 Å². The fourth-order valence-electron chi connectivity index (χ4n) is 2.20. The molecule has 0 saturated carbocycles. The first-order valence-corrected chi connectivity index (χ1v) is 7.23. The number of ether oxygens (including phenoxy) is 1. The smallest absolute Gasteiger partial charge is 0.326 e. The van der Waals surface area contributed by atoms with Gasteiger partial charge in [0, 0.05) is 13.0 Å². The van der Waals surface area contributed by atoms with E-state index in [1.54, 1.807) is 6.92 Å². The summed E-state index contributed by atoms with van der Waals surface area (Å²) in [6, 6.07) is 8.24. The van der Waals surface area contributed by atoms with Crippen molar-refractivity contribution in [2.75, 3.05) is 12.4 Å². The number of hydrogen-bond donors (Lipinski definition) is 2. The number of methoxy groups -OCH3 is 1. The highest BCUT2D eigenvalue weighted by Gasteiger charge is 2.22. The molecule has 0 saturated heterocycles. The standard InChI is InChI=1S/C16H19N3O4/c1-3-19-10-17-14(23-2)13(15(19)20)18-12(16(21)22)9-11-7-5-4-6-8-11/h4-8,10,12,18H,3,9H2,1-2H3,(H,21,22)/t12-/m0/s1. The first kappa shape index (κ1) is 16.5. The molecule has 0 aliphatic heterocycles. The van der Waals surface area contributed by atoms with E-state index in [-0.39, 0.29) is 23.5 Å². The topological polar surface area (TPSA) is 93.4 Å². The van der Waals surface area contributed by atoms with Crippen molar-refractivity contribution in [3.05, 3.63) is 52.6 Å². The second-order valence-electron chi connectivity index (χ2n) is 4.94. The molecule has 7 heteroatoms. The van der Waals surface area contributed by atoms with E-state index < -0.39 is 12.0 Å². The van der Waals surface area contributed by atoms with Gasteiger partial charge >= 0.3 is 5.97 Å². The van der Waals surface area contributed by atoms with Crippen molar-refractivity contribution in [1.29, 1.82) is 0 Å². The van der Waals surface area contributed by atoms with E-state index in [0.29, 0.717) is 6.54 Å². The lowest BCUT2D eigenvalue weighted by Gasteiger charge is -2.17. The minimum Gasteiger partial charge on any atom is -0.480 e. The molecule has 2 N–H and O–H groups in total. The third-order valence-corrected chi connectivity index (χ3v) is 3.44. The Morgan fingerprint density at radius 1 is 1.39 bits per heavy atom. The Morgan fingerprint density at radius 2 is 2.09 bits per heavy atom. The third kappa shape index (κ3) is 3.88. The van der Waals surface area contributed by atoms with Crippen LogP contribution in [0.4, 0.5) is 5.69 Å². The van der Waals surface area contributed by atoms with E-state index in [1.165, 1.54) is 18.0 Å². The Hall–Kier alpha value is -2.83. The molecule has 23 heavy (non-hydrogen) atoms. The molecule has 0 fully saturated rings. The highest BCUT2D eigenvalue weighted by atomic mass is 16.5. The number of carboxylic acids is 1. The van der Waals surface area contributed by atoms with E-state index in [9.17, 15) is 14.7 Å². The summed E-state index contributed by atoms with van der Waals surface area (Å²) in [7, 11) is 1.39. The summed E-state index contributed by atoms with van der Waals surface area (Å²) in [5.74, 6) is -0.971. The summed E-state index contributed by atoms with van der Waals surface area (Å²) in [5, 5.41) is 12.2. The van der Waals surface area contributed by atoms with Gasteiger partial charge in [0.15, 0.2) is 5.69 Å². The highest BCUT2D eigenvalue weighted by Crippen LogP contribution is 2.18. The van der Waals surface area contributed by atoms with Gasteiger partial charge in [0.1, 0.15) is 12.4 Å². The van der Waals surface area contributed by atoms with Crippen LogP contribution in [0.1, 0.15) is 12.5 Å². The molecule has 0 amide bonds. The number of aliphatic carboxylic acids is 1. The zero-order valence-electron chi connectivity index (χ0n) is 13.0. The van der Waals surface area contributed by atoms with Crippen molar-refractivity contribution in [2.24, 2.45) is 0 Å². The lowest BCUT2D eigenvalue weighted by atomic mass is 10.1. The minimum atomic E-state index is -1.05. The maximum Gasteiger partial charge on any atom is 0.326 e. The van der Waals surface area contributed by atoms with Crippen LogP contribution in [0.2, 0.25) is 0 Å². The predicted octanol–water partition coefficient (Wildman–Crippen LogP) is 1.38. The van der Waals surface area contributed by atoms with Crippen LogP contribution in [0, 0.1) is 0 Å². The lowest BCUT2D eigenvalue weighted by molar-refractivity contribution is -0.137. The molecule has 0 spiro atoms. The third-order valence-electron chi connectivity index (χ3n) is 3.44. The second kappa shape index (κ2) is 7.44. The zero-order valence-corrected chi connectivity index (χ0v) is 13.0. The molecule has 0 aliphatic carbocycles. The van der Waals surface area contributed by atoms with E-state index in [0.717, 1.165) is 5.56 Å². The quantitative estimate of drug-likeness (QED) is 0.801. The summed E-state index contributed by atoms with van der Waals surface area (Å²) < 4.78 is 6.46. The molecule has 0 unspecified atom stereocenters. The number of anilines is 1. The monoisotopic (exact) mass is 317 g/mol. The molecule has 1 aromatic heterocycles. The Labute approximate surface area is 133 Å². The van der Waals surface area contributed by atoms with Gasteiger partial charge in [0.25, 0.3) is 5.56 Å². The van der Waals surface area contributed by atoms with Crippen molar-refractivity contribution >= 4 is 11.7 Å². The van der Waals surface area contributed by atoms with Gasteiger partial charge in [-0.2, -0.15) is 0 Å². The summed E-state index contributed by atoms with van der Waals surface area (Å²) in [4.78, 5) is 28.0. The summed E-state index contributed by atoms with van der Waals surface area (Å²) >= 11 is 0. The van der Waals surface area contributed by atoms with Crippen LogP contribution in [0.5, 0.6) is 5.88 Å². The molecule has 1 aromatic carbocycles. The molecule has 1 heterocycles. The molecule has 1 atom stereocenters. The van der Waals surface area contributed by atoms with Gasteiger partial charge in [-0.15, -0.1) is 0 Å². The van der Waals surface area contributed by atoms with Gasteiger partial charge in [-0.05, 0) is 12.5 Å². The number of nitrogens with one attached hydrogen (secondary N) is 1. The predicted molar refractivity (Wildman–Crippen MR) is 85.9 cm³/mol. The van der Waals surface area contributed by atoms with Gasteiger partial charge in [0.2, 0.25) is 5.88 Å². The lowest BCUT2D eigenvalue weighted by Crippen LogP contribution is -2.35. The number of carbonyl (C=O) groups is 1. The number of aryl methyl sites for hydroxylation is 1. The SMILES string of the molecule is CCn1cnc(OC)c(N[C@@H](Cc2ccccc2)C(=O)O)c1=O. The molecular weight excluding hydrogens is 298 g/mol. The Kier molecular flexibility index (Phi) is 5.35. The minimum absolute atomic E-state index is 0.0557. The van der Waals surface area contributed by atoms with Crippen molar-refractivity contribution in [1.82, 2.24) is 9.55 Å². The first-order valence-electron chi connectivity index (χ1n) is 7.23. The van der Waals surface area contributed by atoms with Crippen LogP contribution in [0.3, 0.4) is 0 Å². The molecular formula is C16H19N3O4. The fourth-order valence-corrected chi connectivity index (χ4v) is 2.20. The molecule has 122 valence electrons. The number of nitrogens with zero attached hydrogens (tertiary/aromatic N) is 2. The van der Waals surface area contributed by atoms with Crippen molar-refractivity contribution in [2.45, 2.75) is 25.9 Å². The van der Waals surface area contributed by atoms with Crippen molar-refractivity contribution < 1.29 is 14.6 Å². The summed E-state index contributed by atoms with van der Waals surface area (Å²) in [6.07, 6.45) is 1.61. The van der Waals surface area contributed by atoms with Crippen LogP contribution in [0.25, 0.3) is 0 Å². The number of carboxylic acid groups (broad SMARTS) is 1. The van der Waals surface area contributed by atoms with Gasteiger partial charge in [-0.1, -0.05) is 30.3 Å². The van der Waals surface area contributed by atoms with Crippen LogP contribution in [-0.4, -0.2) is 33.8 Å². The Balaban J connectivity index is 2.33.